The number of amides is 1. The SMILES string of the molecule is Cn1cc2c(c1C(=O)Nc1cc(F)c(F)c(F)c1)OC[C@@H]1C[NH2+]C[C@@H]1NS2(=O)=O. The van der Waals surface area contributed by atoms with E-state index in [4.69, 9.17) is 4.74 Å². The second kappa shape index (κ2) is 7.04. The van der Waals surface area contributed by atoms with Crippen LogP contribution in [0.4, 0.5) is 18.9 Å². The van der Waals surface area contributed by atoms with Crippen LogP contribution in [0, 0.1) is 23.4 Å². The Kier molecular flexibility index (Phi) is 4.79. The molecule has 8 nitrogen and oxygen atoms in total. The quantitative estimate of drug-likeness (QED) is 0.579. The number of benzene rings is 1. The van der Waals surface area contributed by atoms with Crippen LogP contribution in [0.15, 0.2) is 23.2 Å². The monoisotopic (exact) mass is 431 g/mol. The van der Waals surface area contributed by atoms with Crippen molar-refractivity contribution in [3.8, 4) is 5.75 Å². The molecule has 2 aliphatic heterocycles. The van der Waals surface area contributed by atoms with Crippen LogP contribution in [-0.2, 0) is 17.1 Å². The van der Waals surface area contributed by atoms with Crippen molar-refractivity contribution in [3.63, 3.8) is 0 Å². The Labute approximate surface area is 164 Å². The molecule has 156 valence electrons. The van der Waals surface area contributed by atoms with Crippen molar-refractivity contribution in [3.05, 3.63) is 41.5 Å². The molecule has 1 amide bonds. The number of nitrogens with zero attached hydrogens (tertiary/aromatic N) is 1. The molecule has 3 heterocycles. The molecule has 4 rings (SSSR count). The number of rotatable bonds is 2. The summed E-state index contributed by atoms with van der Waals surface area (Å²) in [5.74, 6) is -5.66. The van der Waals surface area contributed by atoms with Crippen LogP contribution in [0.2, 0.25) is 0 Å². The summed E-state index contributed by atoms with van der Waals surface area (Å²) >= 11 is 0. The molecule has 0 aliphatic carbocycles. The molecule has 0 bridgehead atoms. The highest BCUT2D eigenvalue weighted by Gasteiger charge is 2.40. The van der Waals surface area contributed by atoms with Gasteiger partial charge in [0.25, 0.3) is 5.91 Å². The molecular weight excluding hydrogens is 413 g/mol. The molecular formula is C17H18F3N4O4S+. The predicted molar refractivity (Wildman–Crippen MR) is 94.4 cm³/mol. The van der Waals surface area contributed by atoms with Crippen LogP contribution in [-0.4, -0.2) is 44.6 Å². The van der Waals surface area contributed by atoms with Crippen LogP contribution < -0.4 is 20.1 Å². The minimum atomic E-state index is -3.95. The third kappa shape index (κ3) is 3.47. The number of carbonyl (C=O) groups excluding carboxylic acids is 1. The van der Waals surface area contributed by atoms with E-state index < -0.39 is 33.4 Å². The maximum atomic E-state index is 13.4. The molecule has 1 aromatic carbocycles. The van der Waals surface area contributed by atoms with E-state index in [0.29, 0.717) is 25.2 Å². The number of quaternary nitrogens is 1. The van der Waals surface area contributed by atoms with Crippen LogP contribution in [0.3, 0.4) is 0 Å². The van der Waals surface area contributed by atoms with Crippen molar-refractivity contribution in [2.75, 3.05) is 25.0 Å². The van der Waals surface area contributed by atoms with Gasteiger partial charge in [0.15, 0.2) is 28.9 Å². The van der Waals surface area contributed by atoms with Gasteiger partial charge in [0.05, 0.1) is 31.7 Å². The van der Waals surface area contributed by atoms with E-state index in [1.165, 1.54) is 17.8 Å². The molecule has 1 fully saturated rings. The molecule has 1 saturated heterocycles. The highest BCUT2D eigenvalue weighted by Crippen LogP contribution is 2.33. The number of carbonyl (C=O) groups is 1. The Morgan fingerprint density at radius 3 is 2.66 bits per heavy atom. The van der Waals surface area contributed by atoms with Crippen molar-refractivity contribution in [2.45, 2.75) is 10.9 Å². The Bertz CT molecular complexity index is 1080. The lowest BCUT2D eigenvalue weighted by atomic mass is 10.1. The number of aryl methyl sites for hydroxylation is 1. The third-order valence-corrected chi connectivity index (χ3v) is 6.54. The fourth-order valence-corrected chi connectivity index (χ4v) is 5.13. The molecule has 2 aliphatic rings. The van der Waals surface area contributed by atoms with Crippen LogP contribution in [0.5, 0.6) is 5.75 Å². The minimum Gasteiger partial charge on any atom is -0.489 e. The number of sulfonamides is 1. The summed E-state index contributed by atoms with van der Waals surface area (Å²) in [4.78, 5) is 12.5. The van der Waals surface area contributed by atoms with Crippen molar-refractivity contribution in [2.24, 2.45) is 13.0 Å². The summed E-state index contributed by atoms with van der Waals surface area (Å²) in [5, 5.41) is 4.22. The minimum absolute atomic E-state index is 0.0747. The number of nitrogens with one attached hydrogen (secondary N) is 2. The fraction of sp³-hybridized carbons (Fsp3) is 0.353. The lowest BCUT2D eigenvalue weighted by molar-refractivity contribution is -0.638. The van der Waals surface area contributed by atoms with E-state index in [0.717, 1.165) is 0 Å². The molecule has 4 N–H and O–H groups in total. The largest absolute Gasteiger partial charge is 0.489 e. The number of halogens is 3. The molecule has 0 saturated carbocycles. The summed E-state index contributed by atoms with van der Waals surface area (Å²) in [5.41, 5.74) is -0.463. The summed E-state index contributed by atoms with van der Waals surface area (Å²) in [6.45, 7) is 1.45. The zero-order valence-electron chi connectivity index (χ0n) is 15.2. The van der Waals surface area contributed by atoms with E-state index in [-0.39, 0.29) is 40.6 Å². The van der Waals surface area contributed by atoms with E-state index >= 15 is 0 Å². The molecule has 2 atom stereocenters. The molecule has 0 radical (unpaired) electrons. The van der Waals surface area contributed by atoms with Gasteiger partial charge in [-0.3, -0.25) is 4.79 Å². The first kappa shape index (κ1) is 19.7. The van der Waals surface area contributed by atoms with Gasteiger partial charge in [-0.25, -0.2) is 26.3 Å². The van der Waals surface area contributed by atoms with E-state index in [1.807, 2.05) is 5.32 Å². The Balaban J connectivity index is 1.71. The second-order valence-electron chi connectivity index (χ2n) is 7.05. The number of hydrogen-bond acceptors (Lipinski definition) is 4. The summed E-state index contributed by atoms with van der Waals surface area (Å²) in [6, 6.07) is 0.970. The van der Waals surface area contributed by atoms with E-state index in [2.05, 4.69) is 10.0 Å². The van der Waals surface area contributed by atoms with E-state index in [9.17, 15) is 26.4 Å². The number of anilines is 1. The van der Waals surface area contributed by atoms with Gasteiger partial charge >= 0.3 is 0 Å². The first-order chi connectivity index (χ1) is 13.7. The Morgan fingerprint density at radius 2 is 1.97 bits per heavy atom. The average Bonchev–Trinajstić information content (AvgIpc) is 3.20. The first-order valence-corrected chi connectivity index (χ1v) is 10.3. The smallest absolute Gasteiger partial charge is 0.276 e. The highest BCUT2D eigenvalue weighted by molar-refractivity contribution is 7.89. The number of hydrogen-bond donors (Lipinski definition) is 3. The maximum absolute atomic E-state index is 13.4. The standard InChI is InChI=1S/C17H17F3N4O4S/c1-24-6-13-16(28-7-8-4-21-5-12(8)23-29(13,26)27)15(24)17(25)22-9-2-10(18)14(20)11(19)3-9/h2-3,6,8,12,21,23H,4-5,7H2,1H3,(H,22,25)/p+1/t8-,12-/m0/s1. The van der Waals surface area contributed by atoms with Crippen LogP contribution >= 0.6 is 0 Å². The lowest BCUT2D eigenvalue weighted by Gasteiger charge is -2.22. The summed E-state index contributed by atoms with van der Waals surface area (Å²) in [6.07, 6.45) is 1.23. The molecule has 0 unspecified atom stereocenters. The second-order valence-corrected chi connectivity index (χ2v) is 8.73. The topological polar surface area (TPSA) is 106 Å². The number of fused-ring (bicyclic) bond motifs is 2. The lowest BCUT2D eigenvalue weighted by Crippen LogP contribution is -2.82. The van der Waals surface area contributed by atoms with Gasteiger partial charge in [0, 0.05) is 31.1 Å². The van der Waals surface area contributed by atoms with Crippen molar-refractivity contribution in [1.29, 1.82) is 0 Å². The van der Waals surface area contributed by atoms with Crippen LogP contribution in [0.1, 0.15) is 10.5 Å². The van der Waals surface area contributed by atoms with Crippen molar-refractivity contribution in [1.82, 2.24) is 9.29 Å². The molecule has 12 heteroatoms. The van der Waals surface area contributed by atoms with Gasteiger partial charge in [0.1, 0.15) is 4.90 Å². The first-order valence-electron chi connectivity index (χ1n) is 8.79. The molecule has 0 spiro atoms. The Morgan fingerprint density at radius 1 is 1.28 bits per heavy atom. The fourth-order valence-electron chi connectivity index (χ4n) is 3.62. The summed E-state index contributed by atoms with van der Waals surface area (Å²) in [7, 11) is -2.50. The summed E-state index contributed by atoms with van der Waals surface area (Å²) < 4.78 is 75.1. The number of nitrogens with two attached hydrogens (primary N) is 1. The molecule has 29 heavy (non-hydrogen) atoms. The third-order valence-electron chi connectivity index (χ3n) is 5.06. The van der Waals surface area contributed by atoms with Gasteiger partial charge in [-0.15, -0.1) is 0 Å². The van der Waals surface area contributed by atoms with Crippen molar-refractivity contribution < 1.29 is 36.4 Å². The Hall–Kier alpha value is -2.57. The van der Waals surface area contributed by atoms with Gasteiger partial charge in [-0.1, -0.05) is 0 Å². The number of aromatic nitrogens is 1. The van der Waals surface area contributed by atoms with Crippen LogP contribution in [0.25, 0.3) is 0 Å². The zero-order chi connectivity index (χ0) is 20.9. The normalized spacial score (nSPS) is 22.8. The number of ether oxygens (including phenoxy) is 1. The molecule has 1 aromatic heterocycles. The van der Waals surface area contributed by atoms with Gasteiger partial charge in [0.2, 0.25) is 10.0 Å². The van der Waals surface area contributed by atoms with Gasteiger partial charge in [-0.2, -0.15) is 0 Å². The van der Waals surface area contributed by atoms with Gasteiger partial charge in [-0.05, 0) is 0 Å². The zero-order valence-corrected chi connectivity index (χ0v) is 16.0. The average molecular weight is 431 g/mol. The van der Waals surface area contributed by atoms with Crippen molar-refractivity contribution >= 4 is 21.6 Å². The highest BCUT2D eigenvalue weighted by atomic mass is 32.2. The van der Waals surface area contributed by atoms with E-state index in [1.54, 1.807) is 0 Å². The maximum Gasteiger partial charge on any atom is 0.276 e. The van der Waals surface area contributed by atoms with Gasteiger partial charge < -0.3 is 19.9 Å². The predicted octanol–water partition coefficient (Wildman–Crippen LogP) is -0.0728. The molecule has 2 aromatic rings.